The first-order valence-electron chi connectivity index (χ1n) is 16.4. The molecule has 4 fully saturated rings. The summed E-state index contributed by atoms with van der Waals surface area (Å²) in [6, 6.07) is 0. The molecule has 5 aliphatic rings. The molecule has 4 saturated carbocycles. The Hall–Kier alpha value is -1.40. The van der Waals surface area contributed by atoms with E-state index in [0.717, 1.165) is 51.4 Å². The van der Waals surface area contributed by atoms with Crippen molar-refractivity contribution in [1.29, 1.82) is 0 Å². The number of methoxy groups -OCH3 is 1. The van der Waals surface area contributed by atoms with Crippen molar-refractivity contribution < 1.29 is 24.5 Å². The van der Waals surface area contributed by atoms with Gasteiger partial charge in [-0.2, -0.15) is 0 Å². The van der Waals surface area contributed by atoms with Gasteiger partial charge in [0, 0.05) is 13.0 Å². The number of fused-ring (bicyclic) bond motifs is 7. The molecule has 1 amide bonds. The summed E-state index contributed by atoms with van der Waals surface area (Å²) < 4.78 is 4.78. The lowest BCUT2D eigenvalue weighted by molar-refractivity contribution is -0.231. The molecule has 0 bridgehead atoms. The van der Waals surface area contributed by atoms with Gasteiger partial charge in [0.25, 0.3) is 0 Å². The topological polar surface area (TPSA) is 95.9 Å². The highest BCUT2D eigenvalue weighted by Gasteiger charge is 2.69. The Balaban J connectivity index is 1.49. The molecule has 6 nitrogen and oxygen atoms in total. The van der Waals surface area contributed by atoms with Crippen LogP contribution in [0.15, 0.2) is 11.6 Å². The third kappa shape index (κ3) is 4.47. The molecule has 6 heteroatoms. The number of carbonyl (C=O) groups excluding carboxylic acids is 2. The molecule has 9 atom stereocenters. The number of hydrogen-bond acceptors (Lipinski definition) is 5. The maximum Gasteiger partial charge on any atom is 0.305 e. The summed E-state index contributed by atoms with van der Waals surface area (Å²) in [5.41, 5.74) is 1.04. The van der Waals surface area contributed by atoms with Gasteiger partial charge in [0.2, 0.25) is 5.91 Å². The van der Waals surface area contributed by atoms with Crippen LogP contribution in [0.25, 0.3) is 0 Å². The number of aliphatic hydroxyl groups is 2. The van der Waals surface area contributed by atoms with Gasteiger partial charge in [0.05, 0.1) is 24.7 Å². The van der Waals surface area contributed by atoms with Gasteiger partial charge in [0.1, 0.15) is 0 Å². The van der Waals surface area contributed by atoms with Crippen LogP contribution in [0.5, 0.6) is 0 Å². The smallest absolute Gasteiger partial charge is 0.305 e. The van der Waals surface area contributed by atoms with Gasteiger partial charge in [-0.15, -0.1) is 0 Å². The number of nitrogens with one attached hydrogen (secondary N) is 1. The van der Waals surface area contributed by atoms with Gasteiger partial charge in [-0.3, -0.25) is 9.59 Å². The minimum Gasteiger partial charge on any atom is -0.469 e. The molecule has 0 radical (unpaired) electrons. The highest BCUT2D eigenvalue weighted by atomic mass is 16.5. The summed E-state index contributed by atoms with van der Waals surface area (Å²) in [6.45, 7) is 17.0. The van der Waals surface area contributed by atoms with E-state index >= 15 is 0 Å². The van der Waals surface area contributed by atoms with Crippen LogP contribution in [0.3, 0.4) is 0 Å². The van der Waals surface area contributed by atoms with E-state index in [-0.39, 0.29) is 50.3 Å². The Morgan fingerprint density at radius 1 is 0.951 bits per heavy atom. The summed E-state index contributed by atoms with van der Waals surface area (Å²) in [5.74, 6) is 0.978. The molecular weight excluding hydrogens is 514 g/mol. The number of carbonyl (C=O) groups is 2. The fraction of sp³-hybridized carbons (Fsp3) is 0.886. The number of rotatable bonds is 5. The maximum absolute atomic E-state index is 14.1. The normalized spacial score (nSPS) is 46.1. The van der Waals surface area contributed by atoms with Crippen LogP contribution in [0.4, 0.5) is 0 Å². The van der Waals surface area contributed by atoms with Crippen molar-refractivity contribution in [3.8, 4) is 0 Å². The van der Waals surface area contributed by atoms with Gasteiger partial charge < -0.3 is 20.3 Å². The molecule has 5 aliphatic carbocycles. The van der Waals surface area contributed by atoms with Gasteiger partial charge in [-0.1, -0.05) is 60.1 Å². The lowest BCUT2D eigenvalue weighted by Gasteiger charge is -2.71. The van der Waals surface area contributed by atoms with Gasteiger partial charge in [-0.05, 0) is 109 Å². The van der Waals surface area contributed by atoms with Crippen LogP contribution < -0.4 is 5.32 Å². The summed E-state index contributed by atoms with van der Waals surface area (Å²) >= 11 is 0. The highest BCUT2D eigenvalue weighted by Crippen LogP contribution is 2.75. The van der Waals surface area contributed by atoms with Crippen LogP contribution in [-0.2, 0) is 14.3 Å². The van der Waals surface area contributed by atoms with Crippen molar-refractivity contribution in [2.45, 2.75) is 131 Å². The summed E-state index contributed by atoms with van der Waals surface area (Å²) in [6.07, 6.45) is 10.9. The summed E-state index contributed by atoms with van der Waals surface area (Å²) in [5, 5.41) is 25.4. The molecule has 0 aliphatic heterocycles. The van der Waals surface area contributed by atoms with E-state index < -0.39 is 12.2 Å². The lowest BCUT2D eigenvalue weighted by Crippen LogP contribution is -2.67. The quantitative estimate of drug-likeness (QED) is 0.208. The molecule has 0 aromatic carbocycles. The van der Waals surface area contributed by atoms with Crippen LogP contribution in [0, 0.1) is 50.2 Å². The molecule has 0 spiro atoms. The fourth-order valence-corrected chi connectivity index (χ4v) is 11.5. The van der Waals surface area contributed by atoms with Crippen molar-refractivity contribution in [2.75, 3.05) is 13.7 Å². The molecule has 0 unspecified atom stereocenters. The molecule has 0 heterocycles. The third-order valence-electron chi connectivity index (χ3n) is 14.1. The highest BCUT2D eigenvalue weighted by molar-refractivity contribution is 5.84. The largest absolute Gasteiger partial charge is 0.469 e. The third-order valence-corrected chi connectivity index (χ3v) is 14.1. The zero-order valence-electron chi connectivity index (χ0n) is 27.1. The van der Waals surface area contributed by atoms with Crippen molar-refractivity contribution >= 4 is 11.9 Å². The molecule has 0 aromatic rings. The summed E-state index contributed by atoms with van der Waals surface area (Å²) in [7, 11) is 1.41. The number of amides is 1. The Morgan fingerprint density at radius 3 is 2.32 bits per heavy atom. The molecular formula is C35H57NO5. The molecule has 232 valence electrons. The van der Waals surface area contributed by atoms with Crippen molar-refractivity contribution in [1.82, 2.24) is 5.32 Å². The number of aliphatic hydroxyl groups excluding tert-OH is 2. The van der Waals surface area contributed by atoms with Crippen molar-refractivity contribution in [2.24, 2.45) is 50.2 Å². The number of ether oxygens (including phenoxy) is 1. The first kappa shape index (κ1) is 31.0. The second-order valence-corrected chi connectivity index (χ2v) is 16.8. The number of esters is 1. The van der Waals surface area contributed by atoms with Crippen molar-refractivity contribution in [3.63, 3.8) is 0 Å². The van der Waals surface area contributed by atoms with Gasteiger partial charge in [-0.25, -0.2) is 0 Å². The van der Waals surface area contributed by atoms with E-state index in [9.17, 15) is 19.8 Å². The minimum absolute atomic E-state index is 0.00179. The zero-order valence-corrected chi connectivity index (χ0v) is 27.1. The van der Waals surface area contributed by atoms with Crippen LogP contribution in [0.2, 0.25) is 0 Å². The predicted octanol–water partition coefficient (Wildman–Crippen LogP) is 6.19. The predicted molar refractivity (Wildman–Crippen MR) is 161 cm³/mol. The van der Waals surface area contributed by atoms with E-state index in [1.54, 1.807) is 0 Å². The Bertz CT molecular complexity index is 1100. The second-order valence-electron chi connectivity index (χ2n) is 16.8. The van der Waals surface area contributed by atoms with Crippen LogP contribution >= 0.6 is 0 Å². The van der Waals surface area contributed by atoms with Crippen molar-refractivity contribution in [3.05, 3.63) is 11.6 Å². The first-order valence-corrected chi connectivity index (χ1v) is 16.4. The van der Waals surface area contributed by atoms with E-state index in [1.807, 2.05) is 0 Å². The average molecular weight is 572 g/mol. The van der Waals surface area contributed by atoms with E-state index in [0.29, 0.717) is 37.6 Å². The lowest BCUT2D eigenvalue weighted by atomic mass is 9.33. The molecule has 3 N–H and O–H groups in total. The van der Waals surface area contributed by atoms with Gasteiger partial charge in [0.15, 0.2) is 0 Å². The van der Waals surface area contributed by atoms with E-state index in [1.165, 1.54) is 12.7 Å². The zero-order chi connectivity index (χ0) is 30.2. The summed E-state index contributed by atoms with van der Waals surface area (Å²) in [4.78, 5) is 25.7. The SMILES string of the molecule is COC(=O)CCCNC(=O)[C@]12CCC(C)(C)C[C@H]1C1=CC[C@@H]3[C@@]4(C)C[C@@H](O)[C@H](O)C(C)(C)[C@@H]4CC[C@@]3(C)[C@]1(C)CC2. The molecule has 0 saturated heterocycles. The standard InChI is InChI=1S/C35H57NO5/c1-30(2)15-17-35(29(40)36-19-9-10-27(38)41-8)18-16-33(6)22(23(35)20-30)11-12-26-32(5)21-24(37)28(39)31(3,4)25(32)13-14-34(26,33)7/h11,23-26,28,37,39H,9-10,12-21H2,1-8H3,(H,36,40)/t23-,24+,25-,26+,28-,32-,33+,34+,35-/m0/s1. The first-order chi connectivity index (χ1) is 19.0. The number of allylic oxidation sites excluding steroid dienone is 2. The maximum atomic E-state index is 14.1. The van der Waals surface area contributed by atoms with Gasteiger partial charge >= 0.3 is 5.97 Å². The van der Waals surface area contributed by atoms with Crippen LogP contribution in [-0.4, -0.2) is 48.0 Å². The minimum atomic E-state index is -0.687. The average Bonchev–Trinajstić information content (AvgIpc) is 2.89. The molecule has 0 aromatic heterocycles. The molecule has 5 rings (SSSR count). The molecule has 41 heavy (non-hydrogen) atoms. The fourth-order valence-electron chi connectivity index (χ4n) is 11.5. The van der Waals surface area contributed by atoms with E-state index in [4.69, 9.17) is 4.74 Å². The Labute approximate surface area is 248 Å². The van der Waals surface area contributed by atoms with E-state index in [2.05, 4.69) is 59.9 Å². The Kier molecular flexibility index (Phi) is 7.63. The monoisotopic (exact) mass is 571 g/mol. The number of hydrogen-bond donors (Lipinski definition) is 3. The second kappa shape index (κ2) is 10.1. The Morgan fingerprint density at radius 2 is 1.63 bits per heavy atom. The van der Waals surface area contributed by atoms with Crippen LogP contribution in [0.1, 0.15) is 119 Å².